The van der Waals surface area contributed by atoms with E-state index in [0.29, 0.717) is 15.6 Å². The van der Waals surface area contributed by atoms with Crippen LogP contribution in [0.15, 0.2) is 40.1 Å². The van der Waals surface area contributed by atoms with Crippen LogP contribution in [-0.2, 0) is 6.18 Å². The minimum atomic E-state index is -4.43. The van der Waals surface area contributed by atoms with E-state index in [1.54, 1.807) is 18.2 Å². The van der Waals surface area contributed by atoms with Crippen molar-refractivity contribution in [3.05, 3.63) is 45.9 Å². The summed E-state index contributed by atoms with van der Waals surface area (Å²) in [5.74, 6) is 0. The summed E-state index contributed by atoms with van der Waals surface area (Å²) in [5, 5.41) is 3.57. The lowest BCUT2D eigenvalue weighted by Gasteiger charge is -2.25. The van der Waals surface area contributed by atoms with E-state index in [1.807, 2.05) is 0 Å². The average Bonchev–Trinajstić information content (AvgIpc) is 2.36. The maximum absolute atomic E-state index is 13.1. The van der Waals surface area contributed by atoms with E-state index in [2.05, 4.69) is 5.32 Å². The second kappa shape index (κ2) is 4.76. The van der Waals surface area contributed by atoms with Gasteiger partial charge < -0.3 is 5.32 Å². The third-order valence-corrected chi connectivity index (χ3v) is 4.67. The summed E-state index contributed by atoms with van der Waals surface area (Å²) in [6.45, 7) is 0. The van der Waals surface area contributed by atoms with Crippen LogP contribution in [0.3, 0.4) is 0 Å². The SMILES string of the molecule is FC(F)(F)c1ccc(Cl)c2c1Sc1cccc(Cl)c1N2. The van der Waals surface area contributed by atoms with Gasteiger partial charge in [0.05, 0.1) is 27.0 Å². The Kier molecular flexibility index (Phi) is 3.31. The molecule has 0 radical (unpaired) electrons. The zero-order chi connectivity index (χ0) is 14.5. The van der Waals surface area contributed by atoms with Gasteiger partial charge in [-0.25, -0.2) is 0 Å². The molecule has 0 aliphatic carbocycles. The highest BCUT2D eigenvalue weighted by molar-refractivity contribution is 7.99. The van der Waals surface area contributed by atoms with Gasteiger partial charge in [0.2, 0.25) is 0 Å². The maximum Gasteiger partial charge on any atom is 0.417 e. The molecule has 1 nitrogen and oxygen atoms in total. The topological polar surface area (TPSA) is 12.0 Å². The fourth-order valence-corrected chi connectivity index (χ4v) is 3.67. The second-order valence-electron chi connectivity index (χ2n) is 4.14. The van der Waals surface area contributed by atoms with Crippen molar-refractivity contribution in [2.24, 2.45) is 0 Å². The summed E-state index contributed by atoms with van der Waals surface area (Å²) >= 11 is 13.1. The van der Waals surface area contributed by atoms with Gasteiger partial charge in [-0.1, -0.05) is 41.0 Å². The monoisotopic (exact) mass is 335 g/mol. The Hall–Kier alpha value is -1.04. The van der Waals surface area contributed by atoms with Gasteiger partial charge in [-0.15, -0.1) is 0 Å². The minimum Gasteiger partial charge on any atom is -0.351 e. The Morgan fingerprint density at radius 1 is 0.950 bits per heavy atom. The number of rotatable bonds is 0. The summed E-state index contributed by atoms with van der Waals surface area (Å²) in [6.07, 6.45) is -4.43. The molecule has 1 aliphatic rings. The fourth-order valence-electron chi connectivity index (χ4n) is 1.95. The molecular formula is C13H6Cl2F3NS. The molecular weight excluding hydrogens is 330 g/mol. The number of nitrogens with one attached hydrogen (secondary N) is 1. The number of alkyl halides is 3. The molecule has 0 amide bonds. The van der Waals surface area contributed by atoms with E-state index in [-0.39, 0.29) is 15.6 Å². The molecule has 1 aliphatic heterocycles. The molecule has 3 rings (SSSR count). The van der Waals surface area contributed by atoms with Crippen LogP contribution in [0.4, 0.5) is 24.5 Å². The van der Waals surface area contributed by atoms with Gasteiger partial charge in [0.1, 0.15) is 0 Å². The summed E-state index contributed by atoms with van der Waals surface area (Å²) in [7, 11) is 0. The second-order valence-corrected chi connectivity index (χ2v) is 6.00. The molecule has 2 aromatic carbocycles. The highest BCUT2D eigenvalue weighted by atomic mass is 35.5. The van der Waals surface area contributed by atoms with Crippen molar-refractivity contribution in [2.45, 2.75) is 16.0 Å². The van der Waals surface area contributed by atoms with Crippen LogP contribution in [-0.4, -0.2) is 0 Å². The standard InChI is InChI=1S/C13H6Cl2F3NS/c14-7-2-1-3-9-10(7)19-11-8(15)5-4-6(12(11)20-9)13(16,17)18/h1-5,19H. The molecule has 1 N–H and O–H groups in total. The molecule has 0 atom stereocenters. The third-order valence-electron chi connectivity index (χ3n) is 2.85. The molecule has 7 heteroatoms. The number of benzene rings is 2. The highest BCUT2D eigenvalue weighted by Crippen LogP contribution is 2.53. The average molecular weight is 336 g/mol. The Labute approximate surface area is 127 Å². The van der Waals surface area contributed by atoms with Crippen LogP contribution in [0.1, 0.15) is 5.56 Å². The van der Waals surface area contributed by atoms with Crippen molar-refractivity contribution in [1.82, 2.24) is 0 Å². The van der Waals surface area contributed by atoms with E-state index in [1.165, 1.54) is 6.07 Å². The Morgan fingerprint density at radius 2 is 1.65 bits per heavy atom. The zero-order valence-electron chi connectivity index (χ0n) is 9.68. The zero-order valence-corrected chi connectivity index (χ0v) is 12.0. The van der Waals surface area contributed by atoms with Crippen molar-refractivity contribution in [3.8, 4) is 0 Å². The molecule has 0 bridgehead atoms. The Balaban J connectivity index is 2.21. The number of hydrogen-bond acceptors (Lipinski definition) is 2. The first-order valence-corrected chi connectivity index (χ1v) is 7.08. The number of para-hydroxylation sites is 1. The summed E-state index contributed by atoms with van der Waals surface area (Å²) in [4.78, 5) is 0.706. The first-order chi connectivity index (χ1) is 9.38. The third kappa shape index (κ3) is 2.24. The normalized spacial score (nSPS) is 13.4. The molecule has 0 saturated carbocycles. The van der Waals surface area contributed by atoms with Crippen LogP contribution >= 0.6 is 35.0 Å². The Morgan fingerprint density at radius 3 is 2.35 bits per heavy atom. The predicted octanol–water partition coefficient (Wildman–Crippen LogP) is 6.22. The largest absolute Gasteiger partial charge is 0.417 e. The molecule has 0 unspecified atom stereocenters. The first-order valence-electron chi connectivity index (χ1n) is 5.51. The smallest absolute Gasteiger partial charge is 0.351 e. The van der Waals surface area contributed by atoms with Gasteiger partial charge in [0.25, 0.3) is 0 Å². The lowest BCUT2D eigenvalue weighted by atomic mass is 10.1. The highest BCUT2D eigenvalue weighted by Gasteiger charge is 2.37. The van der Waals surface area contributed by atoms with Crippen molar-refractivity contribution < 1.29 is 13.2 Å². The fraction of sp³-hybridized carbons (Fsp3) is 0.0769. The molecule has 1 heterocycles. The number of hydrogen-bond donors (Lipinski definition) is 1. The lowest BCUT2D eigenvalue weighted by Crippen LogP contribution is -2.11. The van der Waals surface area contributed by atoms with E-state index < -0.39 is 11.7 Å². The van der Waals surface area contributed by atoms with E-state index in [9.17, 15) is 13.2 Å². The maximum atomic E-state index is 13.1. The Bertz CT molecular complexity index is 701. The predicted molar refractivity (Wildman–Crippen MR) is 75.3 cm³/mol. The van der Waals surface area contributed by atoms with Crippen molar-refractivity contribution in [3.63, 3.8) is 0 Å². The van der Waals surface area contributed by atoms with Gasteiger partial charge >= 0.3 is 6.18 Å². The van der Waals surface area contributed by atoms with E-state index in [4.69, 9.17) is 23.2 Å². The van der Waals surface area contributed by atoms with Gasteiger partial charge in [-0.05, 0) is 24.3 Å². The summed E-state index contributed by atoms with van der Waals surface area (Å²) < 4.78 is 39.2. The first kappa shape index (κ1) is 13.9. The van der Waals surface area contributed by atoms with Crippen LogP contribution in [0.5, 0.6) is 0 Å². The number of halogens is 5. The van der Waals surface area contributed by atoms with Gasteiger partial charge in [0.15, 0.2) is 0 Å². The van der Waals surface area contributed by atoms with Crippen LogP contribution < -0.4 is 5.32 Å². The molecule has 0 fully saturated rings. The van der Waals surface area contributed by atoms with Crippen molar-refractivity contribution >= 4 is 46.3 Å². The van der Waals surface area contributed by atoms with Crippen molar-refractivity contribution in [2.75, 3.05) is 5.32 Å². The van der Waals surface area contributed by atoms with Crippen LogP contribution in [0, 0.1) is 0 Å². The van der Waals surface area contributed by atoms with Gasteiger partial charge in [-0.3, -0.25) is 0 Å². The molecule has 2 aromatic rings. The van der Waals surface area contributed by atoms with Crippen molar-refractivity contribution in [1.29, 1.82) is 0 Å². The minimum absolute atomic E-state index is 0.0692. The molecule has 0 spiro atoms. The van der Waals surface area contributed by atoms with Crippen LogP contribution in [0.25, 0.3) is 0 Å². The lowest BCUT2D eigenvalue weighted by molar-refractivity contribution is -0.139. The molecule has 0 aromatic heterocycles. The molecule has 104 valence electrons. The number of fused-ring (bicyclic) bond motifs is 2. The van der Waals surface area contributed by atoms with E-state index >= 15 is 0 Å². The van der Waals surface area contributed by atoms with Crippen LogP contribution in [0.2, 0.25) is 10.0 Å². The quantitative estimate of drug-likeness (QED) is 0.523. The van der Waals surface area contributed by atoms with E-state index in [0.717, 1.165) is 17.8 Å². The molecule has 0 saturated heterocycles. The molecule has 20 heavy (non-hydrogen) atoms. The summed E-state index contributed by atoms with van der Waals surface area (Å²) in [5.41, 5.74) is 0.111. The van der Waals surface area contributed by atoms with Gasteiger partial charge in [-0.2, -0.15) is 13.2 Å². The summed E-state index contributed by atoms with van der Waals surface area (Å²) in [6, 6.07) is 7.30. The number of anilines is 2. The van der Waals surface area contributed by atoms with Gasteiger partial charge in [0, 0.05) is 9.79 Å².